The van der Waals surface area contributed by atoms with Crippen LogP contribution in [0.5, 0.6) is 0 Å². The summed E-state index contributed by atoms with van der Waals surface area (Å²) in [5, 5.41) is 15.9. The number of hydrogen-bond donors (Lipinski definition) is 4. The zero-order chi connectivity index (χ0) is 21.8. The van der Waals surface area contributed by atoms with Crippen molar-refractivity contribution in [3.8, 4) is 0 Å². The highest BCUT2D eigenvalue weighted by atomic mass is 79.9. The van der Waals surface area contributed by atoms with Crippen molar-refractivity contribution in [3.05, 3.63) is 82.7 Å². The van der Waals surface area contributed by atoms with Crippen LogP contribution >= 0.6 is 15.9 Å². The molecule has 0 bridgehead atoms. The molecule has 4 N–H and O–H groups in total. The van der Waals surface area contributed by atoms with Crippen molar-refractivity contribution in [2.75, 3.05) is 5.32 Å². The van der Waals surface area contributed by atoms with E-state index in [1.807, 2.05) is 54.6 Å². The summed E-state index contributed by atoms with van der Waals surface area (Å²) in [6, 6.07) is 17.3. The van der Waals surface area contributed by atoms with E-state index in [2.05, 4.69) is 41.5 Å². The number of benzene rings is 2. The van der Waals surface area contributed by atoms with Crippen LogP contribution in [0.25, 0.3) is 11.0 Å². The SMILES string of the molecule is O=C(NC(Cc1ccccc1)C(=O)O)c1cc2c(Nc3cccc(Br)c3)ncnc2[nH]1. The average molecular weight is 480 g/mol. The molecule has 2 aromatic heterocycles. The standard InChI is InChI=1S/C22H18BrN5O3/c23-14-7-4-8-15(10-14)26-19-16-11-17(27-20(16)25-12-24-19)21(29)28-18(22(30)31)9-13-5-2-1-3-6-13/h1-8,10-12,18H,9H2,(H,28,29)(H,30,31)(H2,24,25,26,27). The third-order valence-electron chi connectivity index (χ3n) is 4.64. The number of anilines is 2. The molecule has 0 spiro atoms. The monoisotopic (exact) mass is 479 g/mol. The predicted molar refractivity (Wildman–Crippen MR) is 120 cm³/mol. The molecule has 0 aliphatic heterocycles. The van der Waals surface area contributed by atoms with Crippen LogP contribution in [-0.4, -0.2) is 38.0 Å². The fraction of sp³-hybridized carbons (Fsp3) is 0.0909. The Hall–Kier alpha value is -3.72. The van der Waals surface area contributed by atoms with Gasteiger partial charge in [-0.05, 0) is 29.8 Å². The molecule has 0 aliphatic carbocycles. The minimum absolute atomic E-state index is 0.178. The number of halogens is 1. The van der Waals surface area contributed by atoms with Crippen molar-refractivity contribution in [2.24, 2.45) is 0 Å². The van der Waals surface area contributed by atoms with E-state index >= 15 is 0 Å². The van der Waals surface area contributed by atoms with E-state index in [0.29, 0.717) is 16.9 Å². The van der Waals surface area contributed by atoms with Gasteiger partial charge in [0.25, 0.3) is 5.91 Å². The van der Waals surface area contributed by atoms with E-state index in [4.69, 9.17) is 0 Å². The highest BCUT2D eigenvalue weighted by Crippen LogP contribution is 2.25. The van der Waals surface area contributed by atoms with Gasteiger partial charge in [0.1, 0.15) is 29.5 Å². The van der Waals surface area contributed by atoms with Crippen LogP contribution in [0.4, 0.5) is 11.5 Å². The summed E-state index contributed by atoms with van der Waals surface area (Å²) in [5.41, 5.74) is 2.30. The van der Waals surface area contributed by atoms with Gasteiger partial charge in [-0.15, -0.1) is 0 Å². The Labute approximate surface area is 185 Å². The molecule has 0 aliphatic rings. The molecule has 8 nitrogen and oxygen atoms in total. The van der Waals surface area contributed by atoms with E-state index in [1.165, 1.54) is 6.33 Å². The second kappa shape index (κ2) is 8.97. The number of aliphatic carboxylic acids is 1. The van der Waals surface area contributed by atoms with Crippen molar-refractivity contribution in [3.63, 3.8) is 0 Å². The first kappa shape index (κ1) is 20.5. The van der Waals surface area contributed by atoms with E-state index in [0.717, 1.165) is 15.7 Å². The second-order valence-electron chi connectivity index (χ2n) is 6.86. The summed E-state index contributed by atoms with van der Waals surface area (Å²) in [7, 11) is 0. The predicted octanol–water partition coefficient (Wildman–Crippen LogP) is 3.89. The lowest BCUT2D eigenvalue weighted by molar-refractivity contribution is -0.139. The Morgan fingerprint density at radius 2 is 1.87 bits per heavy atom. The van der Waals surface area contributed by atoms with E-state index in [9.17, 15) is 14.7 Å². The molecule has 9 heteroatoms. The lowest BCUT2D eigenvalue weighted by atomic mass is 10.1. The number of nitrogens with one attached hydrogen (secondary N) is 3. The molecule has 1 amide bonds. The first-order valence-corrected chi connectivity index (χ1v) is 10.2. The van der Waals surface area contributed by atoms with Crippen LogP contribution in [0, 0.1) is 0 Å². The molecular formula is C22H18BrN5O3. The second-order valence-corrected chi connectivity index (χ2v) is 7.77. The van der Waals surface area contributed by atoms with Crippen LogP contribution in [0.1, 0.15) is 16.1 Å². The number of hydrogen-bond acceptors (Lipinski definition) is 5. The highest BCUT2D eigenvalue weighted by molar-refractivity contribution is 9.10. The fourth-order valence-electron chi connectivity index (χ4n) is 3.15. The number of aromatic amines is 1. The Morgan fingerprint density at radius 3 is 2.61 bits per heavy atom. The van der Waals surface area contributed by atoms with Crippen molar-refractivity contribution in [2.45, 2.75) is 12.5 Å². The Kier molecular flexibility index (Phi) is 5.94. The molecule has 2 aromatic carbocycles. The summed E-state index contributed by atoms with van der Waals surface area (Å²) in [6.07, 6.45) is 1.56. The minimum atomic E-state index is -1.11. The molecule has 156 valence electrons. The molecule has 0 radical (unpaired) electrons. The molecule has 31 heavy (non-hydrogen) atoms. The Balaban J connectivity index is 1.56. The average Bonchev–Trinajstić information content (AvgIpc) is 3.20. The fourth-order valence-corrected chi connectivity index (χ4v) is 3.55. The van der Waals surface area contributed by atoms with Gasteiger partial charge < -0.3 is 20.7 Å². The molecule has 4 aromatic rings. The van der Waals surface area contributed by atoms with E-state index in [-0.39, 0.29) is 12.1 Å². The summed E-state index contributed by atoms with van der Waals surface area (Å²) in [6.45, 7) is 0. The zero-order valence-electron chi connectivity index (χ0n) is 16.2. The van der Waals surface area contributed by atoms with Crippen LogP contribution < -0.4 is 10.6 Å². The molecule has 2 heterocycles. The number of aromatic nitrogens is 3. The summed E-state index contributed by atoms with van der Waals surface area (Å²) in [5.74, 6) is -1.11. The van der Waals surface area contributed by atoms with Gasteiger partial charge in [-0.1, -0.05) is 52.3 Å². The van der Waals surface area contributed by atoms with Gasteiger partial charge in [-0.25, -0.2) is 14.8 Å². The molecule has 0 saturated heterocycles. The van der Waals surface area contributed by atoms with Crippen LogP contribution in [0.2, 0.25) is 0 Å². The number of rotatable bonds is 7. The number of nitrogens with zero attached hydrogens (tertiary/aromatic N) is 2. The number of carbonyl (C=O) groups excluding carboxylic acids is 1. The number of fused-ring (bicyclic) bond motifs is 1. The summed E-state index contributed by atoms with van der Waals surface area (Å²) in [4.78, 5) is 35.8. The van der Waals surface area contributed by atoms with Crippen molar-refractivity contribution < 1.29 is 14.7 Å². The minimum Gasteiger partial charge on any atom is -0.480 e. The number of carboxylic acids is 1. The number of carboxylic acid groups (broad SMARTS) is 1. The zero-order valence-corrected chi connectivity index (χ0v) is 17.8. The molecule has 1 atom stereocenters. The first-order chi connectivity index (χ1) is 15.0. The summed E-state index contributed by atoms with van der Waals surface area (Å²) >= 11 is 3.43. The lowest BCUT2D eigenvalue weighted by Gasteiger charge is -2.14. The molecule has 1 unspecified atom stereocenters. The van der Waals surface area contributed by atoms with Crippen LogP contribution in [-0.2, 0) is 11.2 Å². The van der Waals surface area contributed by atoms with Crippen molar-refractivity contribution >= 4 is 50.3 Å². The maximum absolute atomic E-state index is 12.8. The van der Waals surface area contributed by atoms with Crippen molar-refractivity contribution in [1.29, 1.82) is 0 Å². The van der Waals surface area contributed by atoms with Crippen LogP contribution in [0.3, 0.4) is 0 Å². The first-order valence-electron chi connectivity index (χ1n) is 9.43. The normalized spacial score (nSPS) is 11.8. The topological polar surface area (TPSA) is 120 Å². The molecule has 0 fully saturated rings. The smallest absolute Gasteiger partial charge is 0.326 e. The maximum Gasteiger partial charge on any atom is 0.326 e. The van der Waals surface area contributed by atoms with Gasteiger partial charge in [0, 0.05) is 16.6 Å². The Bertz CT molecular complexity index is 1240. The number of H-pyrrole nitrogens is 1. The number of carbonyl (C=O) groups is 2. The van der Waals surface area contributed by atoms with E-state index < -0.39 is 17.9 Å². The summed E-state index contributed by atoms with van der Waals surface area (Å²) < 4.78 is 0.912. The quantitative estimate of drug-likeness (QED) is 0.319. The van der Waals surface area contributed by atoms with E-state index in [1.54, 1.807) is 6.07 Å². The van der Waals surface area contributed by atoms with Gasteiger partial charge in [0.2, 0.25) is 0 Å². The van der Waals surface area contributed by atoms with Crippen molar-refractivity contribution in [1.82, 2.24) is 20.3 Å². The van der Waals surface area contributed by atoms with Gasteiger partial charge >= 0.3 is 5.97 Å². The van der Waals surface area contributed by atoms with Gasteiger partial charge in [0.05, 0.1) is 5.39 Å². The molecular weight excluding hydrogens is 462 g/mol. The number of amides is 1. The molecule has 4 rings (SSSR count). The largest absolute Gasteiger partial charge is 0.480 e. The highest BCUT2D eigenvalue weighted by Gasteiger charge is 2.22. The van der Waals surface area contributed by atoms with Gasteiger partial charge in [0.15, 0.2) is 0 Å². The third kappa shape index (κ3) is 4.89. The molecule has 0 saturated carbocycles. The third-order valence-corrected chi connectivity index (χ3v) is 5.14. The van der Waals surface area contributed by atoms with Gasteiger partial charge in [-0.3, -0.25) is 4.79 Å². The Morgan fingerprint density at radius 1 is 1.06 bits per heavy atom. The van der Waals surface area contributed by atoms with Gasteiger partial charge in [-0.2, -0.15) is 0 Å². The lowest BCUT2D eigenvalue weighted by Crippen LogP contribution is -2.42. The van der Waals surface area contributed by atoms with Crippen LogP contribution in [0.15, 0.2) is 71.5 Å². The maximum atomic E-state index is 12.8.